The number of nitrogens with one attached hydrogen (secondary N) is 1. The minimum absolute atomic E-state index is 0. The van der Waals surface area contributed by atoms with Gasteiger partial charge in [-0.05, 0) is 44.0 Å². The Kier molecular flexibility index (Phi) is 7.52. The molecule has 0 aliphatic rings. The standard InChI is InChI=1S/C17H25N3O2.ClH/c1-11(2)14-7-6-12(3)8-15(14)21-10-17-19-16(20-22-17)9-13(4)18-5;/h6-8,11,13,18H,9-10H2,1-5H3;1H. The number of ether oxygens (including phenoxy) is 1. The quantitative estimate of drug-likeness (QED) is 0.834. The largest absolute Gasteiger partial charge is 0.483 e. The summed E-state index contributed by atoms with van der Waals surface area (Å²) in [6, 6.07) is 6.58. The van der Waals surface area contributed by atoms with Gasteiger partial charge in [-0.25, -0.2) is 0 Å². The predicted octanol–water partition coefficient (Wildman–Crippen LogP) is 3.65. The summed E-state index contributed by atoms with van der Waals surface area (Å²) in [4.78, 5) is 4.37. The van der Waals surface area contributed by atoms with Gasteiger partial charge in [0.05, 0.1) is 0 Å². The highest BCUT2D eigenvalue weighted by atomic mass is 35.5. The summed E-state index contributed by atoms with van der Waals surface area (Å²) in [6.45, 7) is 8.74. The van der Waals surface area contributed by atoms with Crippen LogP contribution < -0.4 is 10.1 Å². The molecule has 0 radical (unpaired) electrons. The molecule has 1 atom stereocenters. The van der Waals surface area contributed by atoms with Crippen LogP contribution in [0.4, 0.5) is 0 Å². The summed E-state index contributed by atoms with van der Waals surface area (Å²) in [5.41, 5.74) is 2.36. The number of halogens is 1. The Balaban J connectivity index is 0.00000264. The summed E-state index contributed by atoms with van der Waals surface area (Å²) in [6.07, 6.45) is 0.738. The Morgan fingerprint density at radius 1 is 1.26 bits per heavy atom. The summed E-state index contributed by atoms with van der Waals surface area (Å²) in [5.74, 6) is 2.51. The van der Waals surface area contributed by atoms with Gasteiger partial charge in [0.1, 0.15) is 5.75 Å². The van der Waals surface area contributed by atoms with Crippen molar-refractivity contribution in [2.24, 2.45) is 0 Å². The minimum atomic E-state index is 0. The molecule has 1 N–H and O–H groups in total. The third kappa shape index (κ3) is 5.52. The van der Waals surface area contributed by atoms with Crippen LogP contribution in [0.3, 0.4) is 0 Å². The monoisotopic (exact) mass is 339 g/mol. The van der Waals surface area contributed by atoms with Gasteiger partial charge < -0.3 is 14.6 Å². The minimum Gasteiger partial charge on any atom is -0.483 e. The van der Waals surface area contributed by atoms with Crippen molar-refractivity contribution in [3.63, 3.8) is 0 Å². The zero-order chi connectivity index (χ0) is 16.1. The van der Waals surface area contributed by atoms with Crippen molar-refractivity contribution < 1.29 is 9.26 Å². The highest BCUT2D eigenvalue weighted by Gasteiger charge is 2.12. The highest BCUT2D eigenvalue weighted by Crippen LogP contribution is 2.28. The van der Waals surface area contributed by atoms with Crippen molar-refractivity contribution in [1.29, 1.82) is 0 Å². The predicted molar refractivity (Wildman–Crippen MR) is 93.4 cm³/mol. The summed E-state index contributed by atoms with van der Waals surface area (Å²) in [7, 11) is 1.92. The van der Waals surface area contributed by atoms with Crippen molar-refractivity contribution in [2.75, 3.05) is 7.05 Å². The van der Waals surface area contributed by atoms with Crippen LogP contribution in [0.2, 0.25) is 0 Å². The molecule has 0 saturated heterocycles. The molecule has 23 heavy (non-hydrogen) atoms. The van der Waals surface area contributed by atoms with Crippen molar-refractivity contribution >= 4 is 12.4 Å². The van der Waals surface area contributed by atoms with Crippen LogP contribution in [-0.2, 0) is 13.0 Å². The first-order chi connectivity index (χ1) is 10.5. The first-order valence-corrected chi connectivity index (χ1v) is 7.71. The normalized spacial score (nSPS) is 12.1. The van der Waals surface area contributed by atoms with E-state index in [-0.39, 0.29) is 12.4 Å². The number of hydrogen-bond donors (Lipinski definition) is 1. The van der Waals surface area contributed by atoms with Crippen molar-refractivity contribution in [3.05, 3.63) is 41.0 Å². The van der Waals surface area contributed by atoms with E-state index in [9.17, 15) is 0 Å². The number of rotatable bonds is 7. The van der Waals surface area contributed by atoms with Crippen LogP contribution in [0, 0.1) is 6.92 Å². The van der Waals surface area contributed by atoms with E-state index in [4.69, 9.17) is 9.26 Å². The molecule has 0 fully saturated rings. The molecule has 0 saturated carbocycles. The fourth-order valence-corrected chi connectivity index (χ4v) is 2.19. The average molecular weight is 340 g/mol. The number of nitrogens with zero attached hydrogens (tertiary/aromatic N) is 2. The molecule has 1 aromatic carbocycles. The molecule has 2 aromatic rings. The van der Waals surface area contributed by atoms with Gasteiger partial charge in [0, 0.05) is 12.5 Å². The second-order valence-corrected chi connectivity index (χ2v) is 5.98. The van der Waals surface area contributed by atoms with Gasteiger partial charge in [-0.1, -0.05) is 31.1 Å². The first-order valence-electron chi connectivity index (χ1n) is 7.71. The maximum Gasteiger partial charge on any atom is 0.264 e. The van der Waals surface area contributed by atoms with Crippen LogP contribution in [0.1, 0.15) is 49.5 Å². The van der Waals surface area contributed by atoms with Gasteiger partial charge >= 0.3 is 0 Å². The molecule has 1 aromatic heterocycles. The lowest BCUT2D eigenvalue weighted by Crippen LogP contribution is -2.24. The molecule has 0 bridgehead atoms. The van der Waals surface area contributed by atoms with Crippen molar-refractivity contribution in [1.82, 2.24) is 15.5 Å². The lowest BCUT2D eigenvalue weighted by molar-refractivity contribution is 0.240. The number of hydrogen-bond acceptors (Lipinski definition) is 5. The molecule has 0 spiro atoms. The highest BCUT2D eigenvalue weighted by molar-refractivity contribution is 5.85. The lowest BCUT2D eigenvalue weighted by Gasteiger charge is -2.13. The SMILES string of the molecule is CNC(C)Cc1noc(COc2cc(C)ccc2C(C)C)n1.Cl. The second kappa shape index (κ2) is 8.89. The third-order valence-electron chi connectivity index (χ3n) is 3.63. The fourth-order valence-electron chi connectivity index (χ4n) is 2.19. The summed E-state index contributed by atoms with van der Waals surface area (Å²) in [5, 5.41) is 7.14. The van der Waals surface area contributed by atoms with Crippen LogP contribution in [0.5, 0.6) is 5.75 Å². The van der Waals surface area contributed by atoms with Gasteiger partial charge in [0.2, 0.25) is 0 Å². The molecule has 0 aliphatic carbocycles. The Bertz CT molecular complexity index is 614. The number of aryl methyl sites for hydroxylation is 1. The second-order valence-electron chi connectivity index (χ2n) is 5.98. The maximum absolute atomic E-state index is 5.90. The van der Waals surface area contributed by atoms with Crippen molar-refractivity contribution in [3.8, 4) is 5.75 Å². The zero-order valence-electron chi connectivity index (χ0n) is 14.4. The zero-order valence-corrected chi connectivity index (χ0v) is 15.2. The van der Waals surface area contributed by atoms with E-state index in [0.717, 1.165) is 12.2 Å². The van der Waals surface area contributed by atoms with E-state index in [2.05, 4.69) is 61.4 Å². The summed E-state index contributed by atoms with van der Waals surface area (Å²) >= 11 is 0. The molecule has 5 nitrogen and oxygen atoms in total. The Hall–Kier alpha value is -1.59. The Morgan fingerprint density at radius 2 is 2.00 bits per heavy atom. The Labute approximate surface area is 144 Å². The van der Waals surface area contributed by atoms with Gasteiger partial charge in [-0.2, -0.15) is 4.98 Å². The van der Waals surface area contributed by atoms with E-state index in [0.29, 0.717) is 30.3 Å². The molecule has 1 heterocycles. The van der Waals surface area contributed by atoms with Gasteiger partial charge in [0.15, 0.2) is 12.4 Å². The van der Waals surface area contributed by atoms with Crippen LogP contribution in [-0.4, -0.2) is 23.2 Å². The van der Waals surface area contributed by atoms with Gasteiger partial charge in [0.25, 0.3) is 5.89 Å². The smallest absolute Gasteiger partial charge is 0.264 e. The van der Waals surface area contributed by atoms with E-state index in [1.54, 1.807) is 0 Å². The third-order valence-corrected chi connectivity index (χ3v) is 3.63. The molecule has 0 amide bonds. The number of benzene rings is 1. The molecule has 6 heteroatoms. The molecule has 2 rings (SSSR count). The van der Waals surface area contributed by atoms with Crippen LogP contribution >= 0.6 is 12.4 Å². The van der Waals surface area contributed by atoms with E-state index < -0.39 is 0 Å². The number of aromatic nitrogens is 2. The molecule has 0 aliphatic heterocycles. The van der Waals surface area contributed by atoms with Crippen LogP contribution in [0.15, 0.2) is 22.7 Å². The van der Waals surface area contributed by atoms with Crippen molar-refractivity contribution in [2.45, 2.75) is 52.7 Å². The Morgan fingerprint density at radius 3 is 2.65 bits per heavy atom. The molecule has 128 valence electrons. The van der Waals surface area contributed by atoms with Gasteiger partial charge in [-0.15, -0.1) is 12.4 Å². The van der Waals surface area contributed by atoms with Gasteiger partial charge in [-0.3, -0.25) is 0 Å². The lowest BCUT2D eigenvalue weighted by atomic mass is 10.0. The van der Waals surface area contributed by atoms with Crippen LogP contribution in [0.25, 0.3) is 0 Å². The molecular weight excluding hydrogens is 314 g/mol. The molecular formula is C17H26ClN3O2. The van der Waals surface area contributed by atoms with E-state index in [1.807, 2.05) is 7.05 Å². The van der Waals surface area contributed by atoms with E-state index in [1.165, 1.54) is 11.1 Å². The molecule has 1 unspecified atom stereocenters. The average Bonchev–Trinajstić information content (AvgIpc) is 2.92. The topological polar surface area (TPSA) is 60.2 Å². The van der Waals surface area contributed by atoms with E-state index >= 15 is 0 Å². The number of likely N-dealkylation sites (N-methyl/N-ethyl adjacent to an activating group) is 1. The fraction of sp³-hybridized carbons (Fsp3) is 0.529. The maximum atomic E-state index is 5.90. The first kappa shape index (κ1) is 19.5. The summed E-state index contributed by atoms with van der Waals surface area (Å²) < 4.78 is 11.1.